The number of carbonyl (C=O) groups is 1. The Bertz CT molecular complexity index is 1130. The van der Waals surface area contributed by atoms with Crippen LogP contribution in [-0.4, -0.2) is 50.5 Å². The minimum atomic E-state index is -4.82. The van der Waals surface area contributed by atoms with Crippen LogP contribution in [0.5, 0.6) is 0 Å². The van der Waals surface area contributed by atoms with Gasteiger partial charge in [-0.1, -0.05) is 0 Å². The van der Waals surface area contributed by atoms with Crippen molar-refractivity contribution in [2.24, 2.45) is 11.5 Å². The van der Waals surface area contributed by atoms with Crippen molar-refractivity contribution in [3.63, 3.8) is 0 Å². The van der Waals surface area contributed by atoms with Crippen LogP contribution in [-0.2, 0) is 16.2 Å². The first-order chi connectivity index (χ1) is 14.9. The van der Waals surface area contributed by atoms with E-state index in [4.69, 9.17) is 11.5 Å². The fourth-order valence-electron chi connectivity index (χ4n) is 3.24. The minimum absolute atomic E-state index is 0.0997. The third-order valence-corrected chi connectivity index (χ3v) is 6.25. The number of nitrogens with one attached hydrogen (secondary N) is 2. The maximum atomic E-state index is 13.4. The highest BCUT2D eigenvalue weighted by Gasteiger charge is 2.33. The number of amides is 1. The van der Waals surface area contributed by atoms with E-state index in [1.165, 1.54) is 0 Å². The van der Waals surface area contributed by atoms with E-state index in [0.717, 1.165) is 32.2 Å². The van der Waals surface area contributed by atoms with Crippen LogP contribution in [0.1, 0.15) is 28.8 Å². The smallest absolute Gasteiger partial charge is 0.365 e. The topological polar surface area (TPSA) is 156 Å². The van der Waals surface area contributed by atoms with Crippen LogP contribution in [0.15, 0.2) is 29.3 Å². The molecule has 2 heterocycles. The van der Waals surface area contributed by atoms with E-state index >= 15 is 0 Å². The van der Waals surface area contributed by atoms with Gasteiger partial charge in [-0.3, -0.25) is 4.79 Å². The van der Waals surface area contributed by atoms with Gasteiger partial charge in [-0.2, -0.15) is 18.2 Å². The number of rotatable bonds is 6. The third-order valence-electron chi connectivity index (χ3n) is 4.86. The molecule has 1 atom stereocenters. The standard InChI is InChI=1S/C18H22F3N7O3S/c1-24-32(30,31)13-6-10(18(19,20)21)5-12(7-13)26-16-14(15(23)29)8-25-17(27-16)28-4-2-3-11(22)9-28/h5-8,11,24H,2-4,9,22H2,1H3,(H2,23,29)(H,25,26,27)/t11-/m0/s1. The van der Waals surface area contributed by atoms with E-state index in [2.05, 4.69) is 15.3 Å². The van der Waals surface area contributed by atoms with Crippen LogP contribution >= 0.6 is 0 Å². The Kier molecular flexibility index (Phi) is 6.57. The van der Waals surface area contributed by atoms with E-state index in [1.54, 1.807) is 4.90 Å². The highest BCUT2D eigenvalue weighted by atomic mass is 32.2. The van der Waals surface area contributed by atoms with Crippen LogP contribution in [0.2, 0.25) is 0 Å². The summed E-state index contributed by atoms with van der Waals surface area (Å²) in [4.78, 5) is 21.4. The lowest BCUT2D eigenvalue weighted by atomic mass is 10.1. The maximum Gasteiger partial charge on any atom is 0.416 e. The van der Waals surface area contributed by atoms with Crippen LogP contribution in [0.25, 0.3) is 0 Å². The average molecular weight is 473 g/mol. The lowest BCUT2D eigenvalue weighted by Crippen LogP contribution is -2.43. The van der Waals surface area contributed by atoms with Gasteiger partial charge in [-0.05, 0) is 38.1 Å². The number of piperidine rings is 1. The number of benzene rings is 1. The van der Waals surface area contributed by atoms with Crippen LogP contribution in [0.3, 0.4) is 0 Å². The summed E-state index contributed by atoms with van der Waals surface area (Å²) in [5.41, 5.74) is 9.70. The first-order valence-corrected chi connectivity index (χ1v) is 11.0. The second-order valence-corrected chi connectivity index (χ2v) is 9.11. The van der Waals surface area contributed by atoms with Crippen molar-refractivity contribution < 1.29 is 26.4 Å². The lowest BCUT2D eigenvalue weighted by molar-refractivity contribution is -0.137. The molecular formula is C18H22F3N7O3S. The molecule has 1 aromatic carbocycles. The molecule has 10 nitrogen and oxygen atoms in total. The molecule has 1 aliphatic heterocycles. The van der Waals surface area contributed by atoms with E-state index < -0.39 is 32.6 Å². The highest BCUT2D eigenvalue weighted by Crippen LogP contribution is 2.34. The summed E-state index contributed by atoms with van der Waals surface area (Å²) in [5.74, 6) is -0.860. The van der Waals surface area contributed by atoms with Crippen molar-refractivity contribution >= 4 is 33.4 Å². The SMILES string of the molecule is CNS(=O)(=O)c1cc(Nc2nc(N3CCC[C@H](N)C3)ncc2C(N)=O)cc(C(F)(F)F)c1. The Labute approximate surface area is 182 Å². The zero-order valence-corrected chi connectivity index (χ0v) is 17.8. The maximum absolute atomic E-state index is 13.4. The van der Waals surface area contributed by atoms with Gasteiger partial charge in [0.15, 0.2) is 0 Å². The summed E-state index contributed by atoms with van der Waals surface area (Å²) < 4.78 is 66.3. The Morgan fingerprint density at radius 3 is 2.59 bits per heavy atom. The molecule has 14 heteroatoms. The van der Waals surface area contributed by atoms with Gasteiger partial charge in [0, 0.05) is 31.0 Å². The summed E-state index contributed by atoms with van der Waals surface area (Å²) in [6.45, 7) is 1.07. The predicted molar refractivity (Wildman–Crippen MR) is 111 cm³/mol. The molecule has 0 saturated carbocycles. The van der Waals surface area contributed by atoms with Crippen molar-refractivity contribution in [3.8, 4) is 0 Å². The molecule has 174 valence electrons. The second-order valence-electron chi connectivity index (χ2n) is 7.22. The van der Waals surface area contributed by atoms with Crippen molar-refractivity contribution in [1.82, 2.24) is 14.7 Å². The molecule has 1 aromatic heterocycles. The lowest BCUT2D eigenvalue weighted by Gasteiger charge is -2.31. The first-order valence-electron chi connectivity index (χ1n) is 9.51. The van der Waals surface area contributed by atoms with Gasteiger partial charge >= 0.3 is 6.18 Å². The Morgan fingerprint density at radius 1 is 1.28 bits per heavy atom. The number of halogens is 3. The Morgan fingerprint density at radius 2 is 2.00 bits per heavy atom. The number of hydrogen-bond acceptors (Lipinski definition) is 8. The van der Waals surface area contributed by atoms with E-state index in [9.17, 15) is 26.4 Å². The molecule has 2 aromatic rings. The minimum Gasteiger partial charge on any atom is -0.365 e. The molecule has 0 unspecified atom stereocenters. The van der Waals surface area contributed by atoms with Gasteiger partial charge in [-0.15, -0.1) is 0 Å². The van der Waals surface area contributed by atoms with Crippen molar-refractivity contribution in [3.05, 3.63) is 35.5 Å². The van der Waals surface area contributed by atoms with Crippen molar-refractivity contribution in [2.75, 3.05) is 30.4 Å². The van der Waals surface area contributed by atoms with Gasteiger partial charge in [0.1, 0.15) is 11.4 Å². The molecule has 3 rings (SSSR count). The van der Waals surface area contributed by atoms with Crippen molar-refractivity contribution in [1.29, 1.82) is 0 Å². The molecule has 0 bridgehead atoms. The number of hydrogen-bond donors (Lipinski definition) is 4. The number of anilines is 3. The van der Waals surface area contributed by atoms with E-state index in [-0.39, 0.29) is 29.1 Å². The second kappa shape index (κ2) is 8.88. The summed E-state index contributed by atoms with van der Waals surface area (Å²) in [5, 5.41) is 2.59. The Balaban J connectivity index is 2.07. The first kappa shape index (κ1) is 23.7. The van der Waals surface area contributed by atoms with Gasteiger partial charge in [0.05, 0.1) is 10.5 Å². The summed E-state index contributed by atoms with van der Waals surface area (Å²) in [6.07, 6.45) is -2.04. The number of primary amides is 1. The molecule has 0 spiro atoms. The zero-order chi connectivity index (χ0) is 23.7. The Hall–Kier alpha value is -2.97. The van der Waals surface area contributed by atoms with Crippen LogP contribution < -0.4 is 26.4 Å². The molecular weight excluding hydrogens is 451 g/mol. The van der Waals surface area contributed by atoms with Crippen molar-refractivity contribution in [2.45, 2.75) is 30.0 Å². The fourth-order valence-corrected chi connectivity index (χ4v) is 4.04. The van der Waals surface area contributed by atoms with Crippen LogP contribution in [0, 0.1) is 0 Å². The average Bonchev–Trinajstić information content (AvgIpc) is 2.72. The van der Waals surface area contributed by atoms with Crippen LogP contribution in [0.4, 0.5) is 30.6 Å². The molecule has 6 N–H and O–H groups in total. The van der Waals surface area contributed by atoms with E-state index in [0.29, 0.717) is 25.2 Å². The fraction of sp³-hybridized carbons (Fsp3) is 0.389. The van der Waals surface area contributed by atoms with Gasteiger partial charge in [-0.25, -0.2) is 18.1 Å². The number of nitrogens with zero attached hydrogens (tertiary/aromatic N) is 3. The van der Waals surface area contributed by atoms with Gasteiger partial charge in [0.25, 0.3) is 5.91 Å². The van der Waals surface area contributed by atoms with Gasteiger partial charge in [0.2, 0.25) is 16.0 Å². The largest absolute Gasteiger partial charge is 0.416 e. The van der Waals surface area contributed by atoms with E-state index in [1.807, 2.05) is 4.72 Å². The zero-order valence-electron chi connectivity index (χ0n) is 17.0. The monoisotopic (exact) mass is 473 g/mol. The molecule has 1 saturated heterocycles. The summed E-state index contributed by atoms with van der Waals surface area (Å²) in [6, 6.07) is 2.10. The predicted octanol–water partition coefficient (Wildman–Crippen LogP) is 1.17. The highest BCUT2D eigenvalue weighted by molar-refractivity contribution is 7.89. The molecule has 1 aliphatic rings. The summed E-state index contributed by atoms with van der Waals surface area (Å²) in [7, 11) is -3.11. The summed E-state index contributed by atoms with van der Waals surface area (Å²) >= 11 is 0. The number of alkyl halides is 3. The molecule has 1 fully saturated rings. The van der Waals surface area contributed by atoms with Gasteiger partial charge < -0.3 is 21.7 Å². The molecule has 32 heavy (non-hydrogen) atoms. The molecule has 0 aliphatic carbocycles. The number of sulfonamides is 1. The number of aromatic nitrogens is 2. The molecule has 0 radical (unpaired) electrons. The quantitative estimate of drug-likeness (QED) is 0.487. The molecule has 1 amide bonds. The number of carbonyl (C=O) groups excluding carboxylic acids is 1. The third kappa shape index (κ3) is 5.26. The normalized spacial score (nSPS) is 17.3. The number of nitrogens with two attached hydrogens (primary N) is 2.